The molecule has 0 radical (unpaired) electrons. The van der Waals surface area contributed by atoms with Gasteiger partial charge in [-0.15, -0.1) is 0 Å². The zero-order chi connectivity index (χ0) is 13.8. The largest absolute Gasteiger partial charge is 0.487 e. The van der Waals surface area contributed by atoms with Crippen LogP contribution >= 0.6 is 31.9 Å². The Balaban J connectivity index is 2.17. The molecule has 96 valence electrons. The van der Waals surface area contributed by atoms with Crippen LogP contribution in [0.25, 0.3) is 0 Å². The molecule has 0 amide bonds. The fourth-order valence-corrected chi connectivity index (χ4v) is 2.34. The van der Waals surface area contributed by atoms with Crippen molar-refractivity contribution < 1.29 is 9.13 Å². The molecule has 2 aromatic carbocycles. The average molecular weight is 385 g/mol. The van der Waals surface area contributed by atoms with Crippen molar-refractivity contribution >= 4 is 31.9 Å². The van der Waals surface area contributed by atoms with Gasteiger partial charge in [-0.25, -0.2) is 4.39 Å². The van der Waals surface area contributed by atoms with Crippen LogP contribution < -0.4 is 4.74 Å². The van der Waals surface area contributed by atoms with Crippen LogP contribution in [0.1, 0.15) is 11.1 Å². The highest BCUT2D eigenvalue weighted by Gasteiger charge is 2.06. The SMILES string of the molecule is N#Cc1cc(Br)ccc1OCc1ccc(F)cc1Br. The summed E-state index contributed by atoms with van der Waals surface area (Å²) in [4.78, 5) is 0. The molecular formula is C14H8Br2FNO. The van der Waals surface area contributed by atoms with Crippen molar-refractivity contribution in [3.63, 3.8) is 0 Å². The van der Waals surface area contributed by atoms with Crippen LogP contribution in [0.3, 0.4) is 0 Å². The molecule has 0 fully saturated rings. The zero-order valence-corrected chi connectivity index (χ0v) is 12.8. The summed E-state index contributed by atoms with van der Waals surface area (Å²) >= 11 is 6.57. The van der Waals surface area contributed by atoms with E-state index in [1.807, 2.05) is 0 Å². The summed E-state index contributed by atoms with van der Waals surface area (Å²) < 4.78 is 20.0. The molecule has 0 unspecified atom stereocenters. The highest BCUT2D eigenvalue weighted by Crippen LogP contribution is 2.25. The van der Waals surface area contributed by atoms with Crippen molar-refractivity contribution in [1.29, 1.82) is 5.26 Å². The molecule has 0 saturated heterocycles. The average Bonchev–Trinajstić information content (AvgIpc) is 2.39. The standard InChI is InChI=1S/C14H8Br2FNO/c15-11-2-4-14(10(5-11)7-18)19-8-9-1-3-12(17)6-13(9)16/h1-6H,8H2. The van der Waals surface area contributed by atoms with Crippen LogP contribution in [0.2, 0.25) is 0 Å². The Morgan fingerprint density at radius 2 is 1.95 bits per heavy atom. The first-order valence-electron chi connectivity index (χ1n) is 5.36. The van der Waals surface area contributed by atoms with E-state index in [4.69, 9.17) is 10.00 Å². The fourth-order valence-electron chi connectivity index (χ4n) is 1.51. The number of ether oxygens (including phenoxy) is 1. The van der Waals surface area contributed by atoms with Gasteiger partial charge in [-0.3, -0.25) is 0 Å². The molecule has 0 aliphatic carbocycles. The van der Waals surface area contributed by atoms with Crippen LogP contribution in [0.15, 0.2) is 45.3 Å². The summed E-state index contributed by atoms with van der Waals surface area (Å²) in [5.74, 6) is 0.193. The quantitative estimate of drug-likeness (QED) is 0.761. The van der Waals surface area contributed by atoms with E-state index in [-0.39, 0.29) is 12.4 Å². The molecule has 0 aliphatic heterocycles. The number of rotatable bonds is 3. The van der Waals surface area contributed by atoms with Gasteiger partial charge in [0, 0.05) is 14.5 Å². The van der Waals surface area contributed by atoms with Gasteiger partial charge in [-0.1, -0.05) is 37.9 Å². The van der Waals surface area contributed by atoms with Gasteiger partial charge in [0.15, 0.2) is 0 Å². The summed E-state index contributed by atoms with van der Waals surface area (Å²) in [5, 5.41) is 9.02. The lowest BCUT2D eigenvalue weighted by molar-refractivity contribution is 0.304. The normalized spacial score (nSPS) is 10.0. The molecule has 0 N–H and O–H groups in total. The van der Waals surface area contributed by atoms with Gasteiger partial charge >= 0.3 is 0 Å². The van der Waals surface area contributed by atoms with Gasteiger partial charge in [-0.05, 0) is 30.3 Å². The van der Waals surface area contributed by atoms with Crippen molar-refractivity contribution in [2.75, 3.05) is 0 Å². The van der Waals surface area contributed by atoms with E-state index in [1.165, 1.54) is 12.1 Å². The maximum Gasteiger partial charge on any atom is 0.137 e. The predicted molar refractivity (Wildman–Crippen MR) is 77.3 cm³/mol. The maximum absolute atomic E-state index is 13.0. The highest BCUT2D eigenvalue weighted by molar-refractivity contribution is 9.10. The Labute approximate surface area is 127 Å². The third-order valence-electron chi connectivity index (χ3n) is 2.46. The smallest absolute Gasteiger partial charge is 0.137 e. The molecular weight excluding hydrogens is 377 g/mol. The summed E-state index contributed by atoms with van der Waals surface area (Å²) in [6, 6.07) is 11.7. The molecule has 0 heterocycles. The molecule has 0 spiro atoms. The molecule has 0 saturated carbocycles. The Morgan fingerprint density at radius 3 is 2.63 bits per heavy atom. The lowest BCUT2D eigenvalue weighted by atomic mass is 10.2. The minimum absolute atomic E-state index is 0.261. The summed E-state index contributed by atoms with van der Waals surface area (Å²) in [7, 11) is 0. The monoisotopic (exact) mass is 383 g/mol. The molecule has 2 aromatic rings. The van der Waals surface area contributed by atoms with Gasteiger partial charge in [0.25, 0.3) is 0 Å². The van der Waals surface area contributed by atoms with Crippen LogP contribution in [0.4, 0.5) is 4.39 Å². The first kappa shape index (κ1) is 14.0. The van der Waals surface area contributed by atoms with E-state index < -0.39 is 0 Å². The van der Waals surface area contributed by atoms with Crippen LogP contribution in [-0.2, 0) is 6.61 Å². The summed E-state index contributed by atoms with van der Waals surface area (Å²) in [5.41, 5.74) is 1.26. The number of hydrogen-bond acceptors (Lipinski definition) is 2. The molecule has 0 aliphatic rings. The predicted octanol–water partition coefficient (Wildman–Crippen LogP) is 4.80. The topological polar surface area (TPSA) is 33.0 Å². The van der Waals surface area contributed by atoms with Gasteiger partial charge in [-0.2, -0.15) is 5.26 Å². The number of hydrogen-bond donors (Lipinski definition) is 0. The Bertz CT molecular complexity index is 652. The minimum Gasteiger partial charge on any atom is -0.487 e. The van der Waals surface area contributed by atoms with Crippen molar-refractivity contribution in [2.45, 2.75) is 6.61 Å². The van der Waals surface area contributed by atoms with Crippen LogP contribution in [0, 0.1) is 17.1 Å². The number of nitriles is 1. The third kappa shape index (κ3) is 3.55. The number of benzene rings is 2. The second-order valence-electron chi connectivity index (χ2n) is 3.78. The number of halogens is 3. The van der Waals surface area contributed by atoms with Crippen LogP contribution in [-0.4, -0.2) is 0 Å². The van der Waals surface area contributed by atoms with Crippen molar-refractivity contribution in [2.24, 2.45) is 0 Å². The van der Waals surface area contributed by atoms with E-state index >= 15 is 0 Å². The second-order valence-corrected chi connectivity index (χ2v) is 5.55. The maximum atomic E-state index is 13.0. The lowest BCUT2D eigenvalue weighted by Crippen LogP contribution is -1.98. The molecule has 0 bridgehead atoms. The molecule has 19 heavy (non-hydrogen) atoms. The number of nitrogens with zero attached hydrogens (tertiary/aromatic N) is 1. The van der Waals surface area contributed by atoms with Crippen molar-refractivity contribution in [1.82, 2.24) is 0 Å². The van der Waals surface area contributed by atoms with Crippen molar-refractivity contribution in [3.05, 3.63) is 62.3 Å². The summed E-state index contributed by atoms with van der Waals surface area (Å²) in [6.07, 6.45) is 0. The third-order valence-corrected chi connectivity index (χ3v) is 3.69. The molecule has 0 aromatic heterocycles. The molecule has 2 rings (SSSR count). The second kappa shape index (κ2) is 6.18. The Hall–Kier alpha value is -1.38. The molecule has 2 nitrogen and oxygen atoms in total. The minimum atomic E-state index is -0.308. The zero-order valence-electron chi connectivity index (χ0n) is 9.66. The van der Waals surface area contributed by atoms with Gasteiger partial charge in [0.05, 0.1) is 5.56 Å². The lowest BCUT2D eigenvalue weighted by Gasteiger charge is -2.09. The van der Waals surface area contributed by atoms with Crippen LogP contribution in [0.5, 0.6) is 5.75 Å². The van der Waals surface area contributed by atoms with Gasteiger partial charge < -0.3 is 4.74 Å². The van der Waals surface area contributed by atoms with E-state index in [1.54, 1.807) is 24.3 Å². The van der Waals surface area contributed by atoms with Crippen molar-refractivity contribution in [3.8, 4) is 11.8 Å². The van der Waals surface area contributed by atoms with E-state index in [9.17, 15) is 4.39 Å². The Morgan fingerprint density at radius 1 is 1.16 bits per heavy atom. The van der Waals surface area contributed by atoms with E-state index in [0.29, 0.717) is 15.8 Å². The fraction of sp³-hybridized carbons (Fsp3) is 0.0714. The Kier molecular flexibility index (Phi) is 4.56. The van der Waals surface area contributed by atoms with E-state index in [2.05, 4.69) is 37.9 Å². The highest BCUT2D eigenvalue weighted by atomic mass is 79.9. The van der Waals surface area contributed by atoms with Gasteiger partial charge in [0.2, 0.25) is 0 Å². The first-order valence-corrected chi connectivity index (χ1v) is 6.95. The molecule has 0 atom stereocenters. The van der Waals surface area contributed by atoms with E-state index in [0.717, 1.165) is 10.0 Å². The molecule has 5 heteroatoms. The summed E-state index contributed by atoms with van der Waals surface area (Å²) in [6.45, 7) is 0.261. The van der Waals surface area contributed by atoms with Gasteiger partial charge in [0.1, 0.15) is 24.2 Å². The first-order chi connectivity index (χ1) is 9.10.